The molecule has 3 rings (SSSR count). The van der Waals surface area contributed by atoms with Crippen LogP contribution < -0.4 is 4.74 Å². The van der Waals surface area contributed by atoms with Gasteiger partial charge >= 0.3 is 0 Å². The first-order chi connectivity index (χ1) is 10.6. The van der Waals surface area contributed by atoms with E-state index in [0.29, 0.717) is 17.9 Å². The lowest BCUT2D eigenvalue weighted by atomic mass is 10.0. The van der Waals surface area contributed by atoms with Crippen molar-refractivity contribution in [2.45, 2.75) is 6.04 Å². The number of nitrogens with zero attached hydrogens (tertiary/aromatic N) is 2. The summed E-state index contributed by atoms with van der Waals surface area (Å²) in [5.41, 5.74) is 2.02. The number of benzene rings is 2. The molecular weight excluding hydrogens is 315 g/mol. The summed E-state index contributed by atoms with van der Waals surface area (Å²) in [6.07, 6.45) is 0. The van der Waals surface area contributed by atoms with E-state index in [2.05, 4.69) is 4.90 Å². The lowest BCUT2D eigenvalue weighted by molar-refractivity contribution is 0.258. The van der Waals surface area contributed by atoms with Crippen molar-refractivity contribution in [1.29, 1.82) is 0 Å². The molecule has 1 aliphatic heterocycles. The third-order valence-corrected chi connectivity index (χ3v) is 3.59. The predicted molar refractivity (Wildman–Crippen MR) is 93.6 cm³/mol. The molecule has 1 unspecified atom stereocenters. The topological polar surface area (TPSA) is 24.8 Å². The van der Waals surface area contributed by atoms with Gasteiger partial charge in [0.05, 0.1) is 11.8 Å². The summed E-state index contributed by atoms with van der Waals surface area (Å²) in [4.78, 5) is 6.86. The molecule has 0 radical (unpaired) electrons. The zero-order chi connectivity index (χ0) is 15.5. The van der Waals surface area contributed by atoms with Gasteiger partial charge in [-0.2, -0.15) is 0 Å². The van der Waals surface area contributed by atoms with Crippen LogP contribution in [0.5, 0.6) is 5.75 Å². The molecule has 122 valence electrons. The normalized spacial score (nSPS) is 16.7. The summed E-state index contributed by atoms with van der Waals surface area (Å²) in [5, 5.41) is 0. The minimum atomic E-state index is -0.262. The summed E-state index contributed by atoms with van der Waals surface area (Å²) in [6, 6.07) is 14.4. The Morgan fingerprint density at radius 1 is 1.09 bits per heavy atom. The van der Waals surface area contributed by atoms with Crippen molar-refractivity contribution in [3.63, 3.8) is 0 Å². The van der Waals surface area contributed by atoms with E-state index in [1.807, 2.05) is 44.4 Å². The number of halogens is 2. The Morgan fingerprint density at radius 2 is 1.74 bits per heavy atom. The highest BCUT2D eigenvalue weighted by Gasteiger charge is 2.22. The molecule has 0 spiro atoms. The third kappa shape index (κ3) is 3.89. The Balaban J connectivity index is 0.00000192. The first-order valence-electron chi connectivity index (χ1n) is 7.35. The highest BCUT2D eigenvalue weighted by molar-refractivity contribution is 6.14. The molecule has 0 fully saturated rings. The van der Waals surface area contributed by atoms with Gasteiger partial charge in [-0.3, -0.25) is 4.99 Å². The average molecular weight is 335 g/mol. The highest BCUT2D eigenvalue weighted by atomic mass is 35.5. The maximum absolute atomic E-state index is 14.3. The molecule has 5 heteroatoms. The molecule has 0 amide bonds. The molecule has 3 nitrogen and oxygen atoms in total. The number of hydrogen-bond donors (Lipinski definition) is 0. The average Bonchev–Trinajstić information content (AvgIpc) is 2.67. The van der Waals surface area contributed by atoms with Crippen molar-refractivity contribution in [1.82, 2.24) is 4.90 Å². The van der Waals surface area contributed by atoms with Crippen LogP contribution in [0.25, 0.3) is 0 Å². The highest BCUT2D eigenvalue weighted by Crippen LogP contribution is 2.26. The number of ether oxygens (including phenoxy) is 1. The van der Waals surface area contributed by atoms with Crippen LogP contribution in [0.4, 0.5) is 4.39 Å². The molecule has 0 aromatic heterocycles. The second kappa shape index (κ2) is 7.57. The van der Waals surface area contributed by atoms with E-state index >= 15 is 0 Å². The third-order valence-electron chi connectivity index (χ3n) is 3.59. The van der Waals surface area contributed by atoms with Crippen molar-refractivity contribution in [3.05, 3.63) is 65.5 Å². The molecule has 2 aromatic carbocycles. The lowest BCUT2D eigenvalue weighted by Crippen LogP contribution is -2.29. The minimum Gasteiger partial charge on any atom is -0.491 e. The molecule has 0 saturated heterocycles. The predicted octanol–water partition coefficient (Wildman–Crippen LogP) is 3.41. The number of para-hydroxylation sites is 1. The van der Waals surface area contributed by atoms with E-state index in [0.717, 1.165) is 17.9 Å². The van der Waals surface area contributed by atoms with Gasteiger partial charge in [-0.05, 0) is 38.4 Å². The van der Waals surface area contributed by atoms with Gasteiger partial charge in [0.2, 0.25) is 0 Å². The lowest BCUT2D eigenvalue weighted by Gasteiger charge is -2.16. The van der Waals surface area contributed by atoms with E-state index in [1.54, 1.807) is 12.1 Å². The van der Waals surface area contributed by atoms with E-state index in [4.69, 9.17) is 9.73 Å². The molecule has 0 aliphatic carbocycles. The van der Waals surface area contributed by atoms with E-state index in [-0.39, 0.29) is 24.3 Å². The van der Waals surface area contributed by atoms with Crippen molar-refractivity contribution in [2.75, 3.05) is 27.2 Å². The van der Waals surface area contributed by atoms with Crippen LogP contribution in [0.1, 0.15) is 11.1 Å². The Labute approximate surface area is 142 Å². The molecule has 2 aromatic rings. The number of likely N-dealkylation sites (N-methyl/N-ethyl adjacent to an activating group) is 1. The largest absolute Gasteiger partial charge is 0.491 e. The number of aliphatic imine (C=N–C) groups is 1. The number of hydrogen-bond acceptors (Lipinski definition) is 3. The fraction of sp³-hybridized carbons (Fsp3) is 0.278. The van der Waals surface area contributed by atoms with Gasteiger partial charge in [0, 0.05) is 17.7 Å². The van der Waals surface area contributed by atoms with Crippen molar-refractivity contribution in [2.24, 2.45) is 4.99 Å². The van der Waals surface area contributed by atoms with Crippen LogP contribution in [0.2, 0.25) is 0 Å². The molecule has 0 bridgehead atoms. The van der Waals surface area contributed by atoms with Crippen molar-refractivity contribution in [3.8, 4) is 5.75 Å². The van der Waals surface area contributed by atoms with Gasteiger partial charge in [0.25, 0.3) is 0 Å². The standard InChI is InChI=1S/C18H19FN2O.ClH/c1-21(2)11-13-12-22-17-10-6-4-8-15(17)18(20-13)14-7-3-5-9-16(14)19;/h3-10,13H,11-12H2,1-2H3;1H. The summed E-state index contributed by atoms with van der Waals surface area (Å²) < 4.78 is 20.1. The fourth-order valence-electron chi connectivity index (χ4n) is 2.65. The summed E-state index contributed by atoms with van der Waals surface area (Å²) in [7, 11) is 3.99. The fourth-order valence-corrected chi connectivity index (χ4v) is 2.65. The van der Waals surface area contributed by atoms with E-state index in [1.165, 1.54) is 6.07 Å². The van der Waals surface area contributed by atoms with Gasteiger partial charge < -0.3 is 9.64 Å². The quantitative estimate of drug-likeness (QED) is 0.859. The van der Waals surface area contributed by atoms with Gasteiger partial charge in [-0.15, -0.1) is 12.4 Å². The van der Waals surface area contributed by atoms with Crippen LogP contribution >= 0.6 is 12.4 Å². The van der Waals surface area contributed by atoms with Crippen molar-refractivity contribution < 1.29 is 9.13 Å². The number of rotatable bonds is 3. The maximum Gasteiger partial charge on any atom is 0.132 e. The van der Waals surface area contributed by atoms with Gasteiger partial charge in [-0.25, -0.2) is 4.39 Å². The molecule has 0 N–H and O–H groups in total. The first-order valence-corrected chi connectivity index (χ1v) is 7.35. The first kappa shape index (κ1) is 17.4. The summed E-state index contributed by atoms with van der Waals surface area (Å²) in [6.45, 7) is 1.25. The molecule has 1 aliphatic rings. The molecule has 23 heavy (non-hydrogen) atoms. The number of fused-ring (bicyclic) bond motifs is 1. The monoisotopic (exact) mass is 334 g/mol. The maximum atomic E-state index is 14.3. The second-order valence-electron chi connectivity index (χ2n) is 5.68. The molecule has 0 saturated carbocycles. The van der Waals surface area contributed by atoms with Crippen LogP contribution in [-0.4, -0.2) is 43.9 Å². The van der Waals surface area contributed by atoms with Crippen LogP contribution in [0.3, 0.4) is 0 Å². The zero-order valence-electron chi connectivity index (χ0n) is 13.2. The Hall–Kier alpha value is -1.91. The van der Waals surface area contributed by atoms with Gasteiger partial charge in [-0.1, -0.05) is 24.3 Å². The smallest absolute Gasteiger partial charge is 0.132 e. The second-order valence-corrected chi connectivity index (χ2v) is 5.68. The summed E-state index contributed by atoms with van der Waals surface area (Å²) >= 11 is 0. The SMILES string of the molecule is CN(C)CC1COc2ccccc2C(c2ccccc2F)=N1.Cl. The zero-order valence-corrected chi connectivity index (χ0v) is 14.0. The van der Waals surface area contributed by atoms with E-state index in [9.17, 15) is 4.39 Å². The van der Waals surface area contributed by atoms with Crippen LogP contribution in [0, 0.1) is 5.82 Å². The van der Waals surface area contributed by atoms with Crippen LogP contribution in [-0.2, 0) is 0 Å². The van der Waals surface area contributed by atoms with Crippen molar-refractivity contribution >= 4 is 18.1 Å². The van der Waals surface area contributed by atoms with Gasteiger partial charge in [0.1, 0.15) is 18.2 Å². The van der Waals surface area contributed by atoms with Crippen LogP contribution in [0.15, 0.2) is 53.5 Å². The molecular formula is C18H20ClFN2O. The Morgan fingerprint density at radius 3 is 2.43 bits per heavy atom. The molecule has 1 atom stereocenters. The summed E-state index contributed by atoms with van der Waals surface area (Å²) in [5.74, 6) is 0.493. The van der Waals surface area contributed by atoms with E-state index < -0.39 is 0 Å². The Kier molecular flexibility index (Phi) is 5.74. The van der Waals surface area contributed by atoms with Gasteiger partial charge in [0.15, 0.2) is 0 Å². The molecule has 1 heterocycles. The Bertz CT molecular complexity index is 703. The minimum absolute atomic E-state index is 0.